The molecule has 0 atom stereocenters. The van der Waals surface area contributed by atoms with Gasteiger partial charge in [0, 0.05) is 36.2 Å². The molecule has 3 heterocycles. The lowest BCUT2D eigenvalue weighted by molar-refractivity contribution is 0.222. The summed E-state index contributed by atoms with van der Waals surface area (Å²) >= 11 is 3.62. The minimum absolute atomic E-state index is 0.716. The Bertz CT molecular complexity index is 615. The zero-order valence-electron chi connectivity index (χ0n) is 11.8. The van der Waals surface area contributed by atoms with Gasteiger partial charge in [0.05, 0.1) is 11.4 Å². The first-order valence-electron chi connectivity index (χ1n) is 6.94. The van der Waals surface area contributed by atoms with Crippen molar-refractivity contribution in [2.45, 2.75) is 33.7 Å². The lowest BCUT2D eigenvalue weighted by Gasteiger charge is -2.28. The van der Waals surface area contributed by atoms with E-state index in [-0.39, 0.29) is 0 Å². The van der Waals surface area contributed by atoms with Crippen molar-refractivity contribution in [3.8, 4) is 0 Å². The van der Waals surface area contributed by atoms with Crippen molar-refractivity contribution in [1.82, 2.24) is 14.3 Å². The van der Waals surface area contributed by atoms with Crippen molar-refractivity contribution in [2.24, 2.45) is 5.92 Å². The summed E-state index contributed by atoms with van der Waals surface area (Å²) in [7, 11) is 0. The molecule has 0 spiro atoms. The van der Waals surface area contributed by atoms with Gasteiger partial charge in [0.25, 0.3) is 0 Å². The Morgan fingerprint density at radius 3 is 2.89 bits per heavy atom. The van der Waals surface area contributed by atoms with Gasteiger partial charge in [-0.25, -0.2) is 4.98 Å². The number of aromatic nitrogens is 2. The van der Waals surface area contributed by atoms with E-state index in [0.717, 1.165) is 29.6 Å². The second kappa shape index (κ2) is 4.91. The molecule has 0 radical (unpaired) electrons. The van der Waals surface area contributed by atoms with E-state index in [0.29, 0.717) is 5.92 Å². The van der Waals surface area contributed by atoms with E-state index in [1.807, 2.05) is 0 Å². The van der Waals surface area contributed by atoms with Gasteiger partial charge in [0.15, 0.2) is 0 Å². The standard InChI is InChI=1S/C15H20BrN3/c1-10(2)8-18-7-6-13-14(9-18)19-11(3)12(16)4-5-15(19)17-13/h4-5,10H,6-9H2,1-3H3. The van der Waals surface area contributed by atoms with Gasteiger partial charge in [-0.05, 0) is 40.9 Å². The van der Waals surface area contributed by atoms with Crippen LogP contribution in [0.4, 0.5) is 0 Å². The second-order valence-corrected chi connectivity index (χ2v) is 6.70. The number of imidazole rings is 1. The maximum absolute atomic E-state index is 4.78. The third-order valence-corrected chi connectivity index (χ3v) is 4.64. The van der Waals surface area contributed by atoms with Crippen molar-refractivity contribution in [1.29, 1.82) is 0 Å². The number of aryl methyl sites for hydroxylation is 1. The number of hydrogen-bond acceptors (Lipinski definition) is 2. The number of rotatable bonds is 2. The van der Waals surface area contributed by atoms with Crippen molar-refractivity contribution in [3.63, 3.8) is 0 Å². The Morgan fingerprint density at radius 2 is 2.16 bits per heavy atom. The normalized spacial score (nSPS) is 16.3. The summed E-state index contributed by atoms with van der Waals surface area (Å²) in [5.41, 5.74) is 4.98. The van der Waals surface area contributed by atoms with Crippen LogP contribution in [-0.2, 0) is 13.0 Å². The fraction of sp³-hybridized carbons (Fsp3) is 0.533. The summed E-state index contributed by atoms with van der Waals surface area (Å²) < 4.78 is 3.47. The summed E-state index contributed by atoms with van der Waals surface area (Å²) in [5, 5.41) is 0. The van der Waals surface area contributed by atoms with Crippen LogP contribution in [0.3, 0.4) is 0 Å². The number of fused-ring (bicyclic) bond motifs is 3. The molecule has 3 rings (SSSR count). The molecule has 1 aliphatic rings. The molecule has 0 amide bonds. The average Bonchev–Trinajstić information content (AvgIpc) is 2.71. The van der Waals surface area contributed by atoms with E-state index >= 15 is 0 Å². The first-order chi connectivity index (χ1) is 9.06. The molecule has 0 N–H and O–H groups in total. The van der Waals surface area contributed by atoms with Crippen LogP contribution in [0, 0.1) is 12.8 Å². The molecule has 0 bridgehead atoms. The van der Waals surface area contributed by atoms with Crippen LogP contribution in [0.2, 0.25) is 0 Å². The Balaban J connectivity index is 2.05. The largest absolute Gasteiger partial charge is 0.299 e. The quantitative estimate of drug-likeness (QED) is 0.844. The lowest BCUT2D eigenvalue weighted by atomic mass is 10.1. The van der Waals surface area contributed by atoms with E-state index in [4.69, 9.17) is 4.98 Å². The summed E-state index contributed by atoms with van der Waals surface area (Å²) in [6.07, 6.45) is 1.07. The van der Waals surface area contributed by atoms with E-state index in [2.05, 4.69) is 58.1 Å². The van der Waals surface area contributed by atoms with Gasteiger partial charge in [-0.1, -0.05) is 13.8 Å². The zero-order chi connectivity index (χ0) is 13.6. The van der Waals surface area contributed by atoms with E-state index in [1.165, 1.54) is 23.6 Å². The van der Waals surface area contributed by atoms with Crippen molar-refractivity contribution >= 4 is 21.6 Å². The van der Waals surface area contributed by atoms with Crippen molar-refractivity contribution < 1.29 is 0 Å². The van der Waals surface area contributed by atoms with Crippen LogP contribution < -0.4 is 0 Å². The molecule has 19 heavy (non-hydrogen) atoms. The van der Waals surface area contributed by atoms with E-state index in [9.17, 15) is 0 Å². The smallest absolute Gasteiger partial charge is 0.137 e. The van der Waals surface area contributed by atoms with Crippen LogP contribution in [-0.4, -0.2) is 27.4 Å². The number of hydrogen-bond donors (Lipinski definition) is 0. The van der Waals surface area contributed by atoms with Gasteiger partial charge < -0.3 is 0 Å². The molecule has 0 aliphatic carbocycles. The Labute approximate surface area is 122 Å². The zero-order valence-corrected chi connectivity index (χ0v) is 13.4. The van der Waals surface area contributed by atoms with Gasteiger partial charge >= 0.3 is 0 Å². The first-order valence-corrected chi connectivity index (χ1v) is 7.73. The first kappa shape index (κ1) is 13.1. The summed E-state index contributed by atoms with van der Waals surface area (Å²) in [4.78, 5) is 7.33. The third-order valence-electron chi connectivity index (χ3n) is 3.80. The topological polar surface area (TPSA) is 20.5 Å². The van der Waals surface area contributed by atoms with Crippen LogP contribution in [0.5, 0.6) is 0 Å². The van der Waals surface area contributed by atoms with Crippen molar-refractivity contribution in [3.05, 3.63) is 33.7 Å². The molecule has 0 unspecified atom stereocenters. The summed E-state index contributed by atoms with van der Waals surface area (Å²) in [5.74, 6) is 0.716. The monoisotopic (exact) mass is 321 g/mol. The number of halogens is 1. The molecule has 2 aromatic rings. The SMILES string of the molecule is Cc1c(Br)ccc2nc3c(n12)CN(CC(C)C)CC3. The molecule has 3 nitrogen and oxygen atoms in total. The van der Waals surface area contributed by atoms with E-state index in [1.54, 1.807) is 0 Å². The highest BCUT2D eigenvalue weighted by atomic mass is 79.9. The number of pyridine rings is 1. The van der Waals surface area contributed by atoms with Crippen LogP contribution in [0.25, 0.3) is 5.65 Å². The second-order valence-electron chi connectivity index (χ2n) is 5.84. The Hall–Kier alpha value is -0.870. The van der Waals surface area contributed by atoms with Crippen molar-refractivity contribution in [2.75, 3.05) is 13.1 Å². The predicted molar refractivity (Wildman–Crippen MR) is 81.4 cm³/mol. The Morgan fingerprint density at radius 1 is 1.37 bits per heavy atom. The van der Waals surface area contributed by atoms with Crippen LogP contribution in [0.15, 0.2) is 16.6 Å². The highest BCUT2D eigenvalue weighted by Gasteiger charge is 2.22. The molecule has 102 valence electrons. The minimum Gasteiger partial charge on any atom is -0.299 e. The Kier molecular flexibility index (Phi) is 3.39. The maximum atomic E-state index is 4.78. The highest BCUT2D eigenvalue weighted by Crippen LogP contribution is 2.25. The highest BCUT2D eigenvalue weighted by molar-refractivity contribution is 9.10. The van der Waals surface area contributed by atoms with Gasteiger partial charge in [0.2, 0.25) is 0 Å². The maximum Gasteiger partial charge on any atom is 0.137 e. The fourth-order valence-electron chi connectivity index (χ4n) is 2.97. The van der Waals surface area contributed by atoms with Gasteiger partial charge in [-0.3, -0.25) is 9.30 Å². The lowest BCUT2D eigenvalue weighted by Crippen LogP contribution is -2.34. The van der Waals surface area contributed by atoms with Gasteiger partial charge in [-0.15, -0.1) is 0 Å². The number of nitrogens with zero attached hydrogens (tertiary/aromatic N) is 3. The molecular formula is C15H20BrN3. The third kappa shape index (κ3) is 2.32. The van der Waals surface area contributed by atoms with Gasteiger partial charge in [-0.2, -0.15) is 0 Å². The summed E-state index contributed by atoms with van der Waals surface area (Å²) in [6, 6.07) is 4.19. The van der Waals surface area contributed by atoms with Crippen LogP contribution in [0.1, 0.15) is 30.9 Å². The van der Waals surface area contributed by atoms with Gasteiger partial charge in [0.1, 0.15) is 5.65 Å². The molecule has 0 saturated carbocycles. The van der Waals surface area contributed by atoms with Crippen LogP contribution >= 0.6 is 15.9 Å². The molecule has 2 aromatic heterocycles. The molecule has 0 saturated heterocycles. The molecule has 1 aliphatic heterocycles. The molecule has 4 heteroatoms. The predicted octanol–water partition coefficient (Wildman–Crippen LogP) is 3.42. The van der Waals surface area contributed by atoms with E-state index < -0.39 is 0 Å². The fourth-order valence-corrected chi connectivity index (χ4v) is 3.28. The minimum atomic E-state index is 0.716. The summed E-state index contributed by atoms with van der Waals surface area (Å²) in [6.45, 7) is 10.0. The molecule has 0 fully saturated rings. The average molecular weight is 322 g/mol. The molecular weight excluding hydrogens is 302 g/mol. The molecule has 0 aromatic carbocycles.